The molecule has 0 radical (unpaired) electrons. The van der Waals surface area contributed by atoms with Crippen LogP contribution in [-0.2, 0) is 9.53 Å². The van der Waals surface area contributed by atoms with Crippen molar-refractivity contribution >= 4 is 5.97 Å². The fourth-order valence-corrected chi connectivity index (χ4v) is 2.14. The van der Waals surface area contributed by atoms with E-state index in [9.17, 15) is 9.90 Å². The van der Waals surface area contributed by atoms with E-state index in [1.165, 1.54) is 0 Å². The van der Waals surface area contributed by atoms with Crippen LogP contribution in [0.3, 0.4) is 0 Å². The van der Waals surface area contributed by atoms with E-state index in [1.807, 2.05) is 6.92 Å². The maximum Gasteiger partial charge on any atom is 0.320 e. The van der Waals surface area contributed by atoms with E-state index in [0.29, 0.717) is 19.2 Å². The highest BCUT2D eigenvalue weighted by Crippen LogP contribution is 2.20. The summed E-state index contributed by atoms with van der Waals surface area (Å²) >= 11 is 0. The van der Waals surface area contributed by atoms with Gasteiger partial charge in [-0.3, -0.25) is 9.69 Å². The smallest absolute Gasteiger partial charge is 0.320 e. The molecule has 0 aromatic heterocycles. The lowest BCUT2D eigenvalue weighted by Gasteiger charge is -2.24. The van der Waals surface area contributed by atoms with Crippen molar-refractivity contribution in [2.75, 3.05) is 19.7 Å². The second-order valence-electron chi connectivity index (χ2n) is 4.16. The Labute approximate surface area is 91.2 Å². The van der Waals surface area contributed by atoms with Gasteiger partial charge in [0.1, 0.15) is 0 Å². The van der Waals surface area contributed by atoms with Crippen molar-refractivity contribution in [3.63, 3.8) is 0 Å². The summed E-state index contributed by atoms with van der Waals surface area (Å²) in [5, 5.41) is 9.33. The second-order valence-corrected chi connectivity index (χ2v) is 4.16. The van der Waals surface area contributed by atoms with Gasteiger partial charge in [-0.2, -0.15) is 0 Å². The molecule has 2 unspecified atom stereocenters. The normalized spacial score (nSPS) is 24.1. The predicted octanol–water partition coefficient (Wildman–Crippen LogP) is 0.785. The summed E-state index contributed by atoms with van der Waals surface area (Å²) in [4.78, 5) is 13.4. The molecule has 1 saturated heterocycles. The summed E-state index contributed by atoms with van der Waals surface area (Å²) in [5.41, 5.74) is 0. The Bertz CT molecular complexity index is 206. The van der Waals surface area contributed by atoms with E-state index in [2.05, 4.69) is 4.90 Å². The number of aliphatic hydroxyl groups excluding tert-OH is 1. The second kappa shape index (κ2) is 6.08. The van der Waals surface area contributed by atoms with E-state index >= 15 is 0 Å². The highest BCUT2D eigenvalue weighted by atomic mass is 16.5. The standard InChI is InChI=1S/C11H21NO3/c1-3-15-11(14)8-12-6-4-5-10(12)7-9(2)13/h9-10,13H,3-8H2,1-2H3. The minimum Gasteiger partial charge on any atom is -0.465 e. The Morgan fingerprint density at radius 2 is 2.40 bits per heavy atom. The number of carbonyl (C=O) groups is 1. The van der Waals surface area contributed by atoms with Gasteiger partial charge in [-0.25, -0.2) is 0 Å². The molecular weight excluding hydrogens is 194 g/mol. The zero-order chi connectivity index (χ0) is 11.3. The van der Waals surface area contributed by atoms with Gasteiger partial charge in [0.15, 0.2) is 0 Å². The number of ether oxygens (including phenoxy) is 1. The first-order chi connectivity index (χ1) is 7.13. The molecule has 0 aliphatic carbocycles. The van der Waals surface area contributed by atoms with Gasteiger partial charge in [-0.15, -0.1) is 0 Å². The van der Waals surface area contributed by atoms with Crippen LogP contribution in [0.5, 0.6) is 0 Å². The van der Waals surface area contributed by atoms with E-state index < -0.39 is 0 Å². The van der Waals surface area contributed by atoms with E-state index in [0.717, 1.165) is 25.8 Å². The third kappa shape index (κ3) is 4.18. The summed E-state index contributed by atoms with van der Waals surface area (Å²) in [6, 6.07) is 0.342. The van der Waals surface area contributed by atoms with Crippen LogP contribution in [0.4, 0.5) is 0 Å². The first-order valence-corrected chi connectivity index (χ1v) is 5.71. The first kappa shape index (κ1) is 12.5. The molecule has 0 bridgehead atoms. The van der Waals surface area contributed by atoms with E-state index in [4.69, 9.17) is 4.74 Å². The molecule has 0 saturated carbocycles. The molecule has 4 heteroatoms. The summed E-state index contributed by atoms with van der Waals surface area (Å²) in [6.45, 7) is 5.35. The van der Waals surface area contributed by atoms with Gasteiger partial charge in [-0.1, -0.05) is 0 Å². The molecule has 0 aromatic rings. The zero-order valence-corrected chi connectivity index (χ0v) is 9.61. The quantitative estimate of drug-likeness (QED) is 0.689. The van der Waals surface area contributed by atoms with Crippen LogP contribution in [-0.4, -0.2) is 47.8 Å². The van der Waals surface area contributed by atoms with Crippen molar-refractivity contribution in [1.82, 2.24) is 4.90 Å². The van der Waals surface area contributed by atoms with E-state index in [1.54, 1.807) is 6.92 Å². The summed E-state index contributed by atoms with van der Waals surface area (Å²) in [5.74, 6) is -0.157. The lowest BCUT2D eigenvalue weighted by atomic mass is 10.1. The molecule has 1 aliphatic rings. The molecule has 15 heavy (non-hydrogen) atoms. The van der Waals surface area contributed by atoms with Gasteiger partial charge in [0.05, 0.1) is 19.3 Å². The number of hydrogen-bond acceptors (Lipinski definition) is 4. The van der Waals surface area contributed by atoms with Crippen molar-refractivity contribution in [2.45, 2.75) is 45.3 Å². The van der Waals surface area contributed by atoms with Crippen LogP contribution < -0.4 is 0 Å². The van der Waals surface area contributed by atoms with Crippen LogP contribution >= 0.6 is 0 Å². The fourth-order valence-electron chi connectivity index (χ4n) is 2.14. The Balaban J connectivity index is 2.35. The molecule has 0 amide bonds. The molecule has 1 N–H and O–H groups in total. The largest absolute Gasteiger partial charge is 0.465 e. The molecule has 88 valence electrons. The third-order valence-corrected chi connectivity index (χ3v) is 2.75. The van der Waals surface area contributed by atoms with Gasteiger partial charge in [0.2, 0.25) is 0 Å². The van der Waals surface area contributed by atoms with Crippen molar-refractivity contribution in [3.8, 4) is 0 Å². The highest BCUT2D eigenvalue weighted by molar-refractivity contribution is 5.71. The lowest BCUT2D eigenvalue weighted by Crippen LogP contribution is -2.36. The number of hydrogen-bond donors (Lipinski definition) is 1. The van der Waals surface area contributed by atoms with Crippen LogP contribution in [0.2, 0.25) is 0 Å². The van der Waals surface area contributed by atoms with Crippen molar-refractivity contribution in [1.29, 1.82) is 0 Å². The molecule has 0 spiro atoms. The van der Waals surface area contributed by atoms with Crippen LogP contribution in [0.15, 0.2) is 0 Å². The average molecular weight is 215 g/mol. The number of carbonyl (C=O) groups excluding carboxylic acids is 1. The van der Waals surface area contributed by atoms with Crippen molar-refractivity contribution in [3.05, 3.63) is 0 Å². The molecular formula is C11H21NO3. The summed E-state index contributed by atoms with van der Waals surface area (Å²) in [7, 11) is 0. The number of rotatable bonds is 5. The molecule has 1 aliphatic heterocycles. The lowest BCUT2D eigenvalue weighted by molar-refractivity contribution is -0.144. The highest BCUT2D eigenvalue weighted by Gasteiger charge is 2.27. The SMILES string of the molecule is CCOC(=O)CN1CCCC1CC(C)O. The number of esters is 1. The monoisotopic (exact) mass is 215 g/mol. The first-order valence-electron chi connectivity index (χ1n) is 5.71. The molecule has 1 fully saturated rings. The van der Waals surface area contributed by atoms with Crippen molar-refractivity contribution < 1.29 is 14.6 Å². The topological polar surface area (TPSA) is 49.8 Å². The average Bonchev–Trinajstić information content (AvgIpc) is 2.52. The van der Waals surface area contributed by atoms with Gasteiger partial charge in [0.25, 0.3) is 0 Å². The maximum atomic E-state index is 11.3. The van der Waals surface area contributed by atoms with Crippen molar-refractivity contribution in [2.24, 2.45) is 0 Å². The Morgan fingerprint density at radius 1 is 1.67 bits per heavy atom. The minimum absolute atomic E-state index is 0.157. The zero-order valence-electron chi connectivity index (χ0n) is 9.61. The summed E-state index contributed by atoms with van der Waals surface area (Å²) in [6.07, 6.45) is 2.64. The predicted molar refractivity (Wildman–Crippen MR) is 57.5 cm³/mol. The number of likely N-dealkylation sites (tertiary alicyclic amines) is 1. The Morgan fingerprint density at radius 3 is 3.00 bits per heavy atom. The number of aliphatic hydroxyl groups is 1. The molecule has 0 aromatic carbocycles. The molecule has 2 atom stereocenters. The molecule has 4 nitrogen and oxygen atoms in total. The van der Waals surface area contributed by atoms with E-state index in [-0.39, 0.29) is 12.1 Å². The van der Waals surface area contributed by atoms with Gasteiger partial charge < -0.3 is 9.84 Å². The maximum absolute atomic E-state index is 11.3. The number of nitrogens with zero attached hydrogens (tertiary/aromatic N) is 1. The molecule has 1 rings (SSSR count). The summed E-state index contributed by atoms with van der Waals surface area (Å²) < 4.78 is 4.91. The van der Waals surface area contributed by atoms with Crippen LogP contribution in [0, 0.1) is 0 Å². The third-order valence-electron chi connectivity index (χ3n) is 2.75. The van der Waals surface area contributed by atoms with Crippen LogP contribution in [0.1, 0.15) is 33.1 Å². The Hall–Kier alpha value is -0.610. The van der Waals surface area contributed by atoms with Crippen LogP contribution in [0.25, 0.3) is 0 Å². The Kier molecular flexibility index (Phi) is 5.05. The van der Waals surface area contributed by atoms with Gasteiger partial charge in [0, 0.05) is 6.04 Å². The minimum atomic E-state index is -0.294. The van der Waals surface area contributed by atoms with Gasteiger partial charge in [-0.05, 0) is 39.7 Å². The van der Waals surface area contributed by atoms with Gasteiger partial charge >= 0.3 is 5.97 Å². The fraction of sp³-hybridized carbons (Fsp3) is 0.909. The molecule has 1 heterocycles.